The molecule has 7 heteroatoms. The van der Waals surface area contributed by atoms with E-state index >= 15 is 0 Å². The van der Waals surface area contributed by atoms with Gasteiger partial charge in [0, 0.05) is 4.88 Å². The summed E-state index contributed by atoms with van der Waals surface area (Å²) in [6.07, 6.45) is 0.160. The number of carbonyl (C=O) groups excluding carboxylic acids is 3. The normalized spacial score (nSPS) is 11.6. The van der Waals surface area contributed by atoms with Gasteiger partial charge < -0.3 is 15.4 Å². The van der Waals surface area contributed by atoms with Crippen LogP contribution in [0.25, 0.3) is 10.8 Å². The molecule has 0 saturated heterocycles. The van der Waals surface area contributed by atoms with E-state index in [4.69, 9.17) is 4.74 Å². The summed E-state index contributed by atoms with van der Waals surface area (Å²) in [6, 6.07) is 17.3. The highest BCUT2D eigenvalue weighted by Crippen LogP contribution is 2.19. The third kappa shape index (κ3) is 5.89. The molecule has 0 radical (unpaired) electrons. The first-order valence-electron chi connectivity index (χ1n) is 9.24. The molecule has 0 aliphatic heterocycles. The molecule has 0 aliphatic carbocycles. The number of hydrogen-bond acceptors (Lipinski definition) is 5. The third-order valence-corrected chi connectivity index (χ3v) is 5.43. The molecule has 2 N–H and O–H groups in total. The molecule has 1 aromatic heterocycles. The van der Waals surface area contributed by atoms with Crippen LogP contribution in [0.3, 0.4) is 0 Å². The van der Waals surface area contributed by atoms with Crippen molar-refractivity contribution in [3.8, 4) is 0 Å². The van der Waals surface area contributed by atoms with Crippen LogP contribution in [0.15, 0.2) is 60.0 Å². The van der Waals surface area contributed by atoms with Gasteiger partial charge in [-0.15, -0.1) is 11.3 Å². The summed E-state index contributed by atoms with van der Waals surface area (Å²) >= 11 is 1.54. The second kappa shape index (κ2) is 9.84. The van der Waals surface area contributed by atoms with Gasteiger partial charge in [-0.1, -0.05) is 48.5 Å². The number of nitrogens with one attached hydrogen (secondary N) is 2. The van der Waals surface area contributed by atoms with Gasteiger partial charge in [0.1, 0.15) is 6.54 Å². The first kappa shape index (κ1) is 20.5. The Morgan fingerprint density at radius 2 is 1.79 bits per heavy atom. The van der Waals surface area contributed by atoms with Crippen molar-refractivity contribution in [3.63, 3.8) is 0 Å². The van der Waals surface area contributed by atoms with Crippen molar-refractivity contribution in [1.82, 2.24) is 10.6 Å². The van der Waals surface area contributed by atoms with Gasteiger partial charge >= 0.3 is 5.97 Å². The lowest BCUT2D eigenvalue weighted by Gasteiger charge is -2.12. The van der Waals surface area contributed by atoms with Gasteiger partial charge in [-0.25, -0.2) is 0 Å². The summed E-state index contributed by atoms with van der Waals surface area (Å²) in [7, 11) is 0. The summed E-state index contributed by atoms with van der Waals surface area (Å²) in [5.74, 6) is -1.33. The molecule has 3 aromatic rings. The fourth-order valence-corrected chi connectivity index (χ4v) is 3.68. The summed E-state index contributed by atoms with van der Waals surface area (Å²) in [6.45, 7) is 1.20. The molecule has 29 heavy (non-hydrogen) atoms. The Morgan fingerprint density at radius 1 is 1.00 bits per heavy atom. The monoisotopic (exact) mass is 410 g/mol. The van der Waals surface area contributed by atoms with E-state index in [1.54, 1.807) is 0 Å². The standard InChI is InChI=1S/C22H22N2O4S/c1-15(19-10-5-11-29-19)24-21(26)14-28-22(27)13-23-20(25)12-17-8-4-7-16-6-2-3-9-18(16)17/h2-11,15H,12-14H2,1H3,(H,23,25)(H,24,26)/t15-/m1/s1. The summed E-state index contributed by atoms with van der Waals surface area (Å²) in [4.78, 5) is 36.9. The lowest BCUT2D eigenvalue weighted by atomic mass is 10.0. The second-order valence-corrected chi connectivity index (χ2v) is 7.54. The highest BCUT2D eigenvalue weighted by molar-refractivity contribution is 7.10. The van der Waals surface area contributed by atoms with Crippen molar-refractivity contribution in [2.45, 2.75) is 19.4 Å². The Balaban J connectivity index is 1.41. The minimum atomic E-state index is -0.657. The SMILES string of the molecule is C[C@@H](NC(=O)COC(=O)CNC(=O)Cc1cccc2ccccc12)c1cccs1. The van der Waals surface area contributed by atoms with E-state index in [0.717, 1.165) is 21.2 Å². The van der Waals surface area contributed by atoms with Gasteiger partial charge in [-0.05, 0) is 34.7 Å². The number of ether oxygens (including phenoxy) is 1. The van der Waals surface area contributed by atoms with Crippen molar-refractivity contribution >= 4 is 39.9 Å². The Labute approximate surface area is 172 Å². The molecule has 0 fully saturated rings. The number of rotatable bonds is 8. The van der Waals surface area contributed by atoms with E-state index in [1.807, 2.05) is 66.9 Å². The number of amides is 2. The molecule has 2 aromatic carbocycles. The topological polar surface area (TPSA) is 84.5 Å². The van der Waals surface area contributed by atoms with Crippen molar-refractivity contribution in [3.05, 3.63) is 70.4 Å². The van der Waals surface area contributed by atoms with E-state index in [9.17, 15) is 14.4 Å². The predicted molar refractivity (Wildman–Crippen MR) is 112 cm³/mol. The average Bonchev–Trinajstić information content (AvgIpc) is 3.26. The first-order chi connectivity index (χ1) is 14.0. The lowest BCUT2D eigenvalue weighted by molar-refractivity contribution is -0.148. The molecule has 1 atom stereocenters. The molecule has 0 saturated carbocycles. The smallest absolute Gasteiger partial charge is 0.325 e. The molecule has 0 bridgehead atoms. The largest absolute Gasteiger partial charge is 0.454 e. The van der Waals surface area contributed by atoms with Crippen LogP contribution in [0, 0.1) is 0 Å². The number of thiophene rings is 1. The first-order valence-corrected chi connectivity index (χ1v) is 10.1. The van der Waals surface area contributed by atoms with Gasteiger partial charge in [0.2, 0.25) is 5.91 Å². The summed E-state index contributed by atoms with van der Waals surface area (Å²) < 4.78 is 4.93. The van der Waals surface area contributed by atoms with Crippen LogP contribution in [0.4, 0.5) is 0 Å². The fraction of sp³-hybridized carbons (Fsp3) is 0.227. The molecular weight excluding hydrogens is 388 g/mol. The van der Waals surface area contributed by atoms with Gasteiger partial charge in [-0.2, -0.15) is 0 Å². The van der Waals surface area contributed by atoms with Crippen LogP contribution in [-0.4, -0.2) is 30.9 Å². The summed E-state index contributed by atoms with van der Waals surface area (Å²) in [5, 5.41) is 9.29. The van der Waals surface area contributed by atoms with E-state index in [-0.39, 0.29) is 37.4 Å². The summed E-state index contributed by atoms with van der Waals surface area (Å²) in [5.41, 5.74) is 0.885. The number of hydrogen-bond donors (Lipinski definition) is 2. The van der Waals surface area contributed by atoms with Crippen molar-refractivity contribution < 1.29 is 19.1 Å². The van der Waals surface area contributed by atoms with E-state index < -0.39 is 5.97 Å². The number of benzene rings is 2. The van der Waals surface area contributed by atoms with Crippen LogP contribution in [0.5, 0.6) is 0 Å². The second-order valence-electron chi connectivity index (χ2n) is 6.56. The van der Waals surface area contributed by atoms with Crippen molar-refractivity contribution in [1.29, 1.82) is 0 Å². The van der Waals surface area contributed by atoms with Crippen LogP contribution >= 0.6 is 11.3 Å². The van der Waals surface area contributed by atoms with E-state index in [1.165, 1.54) is 11.3 Å². The molecule has 1 heterocycles. The number of esters is 1. The van der Waals surface area contributed by atoms with E-state index in [2.05, 4.69) is 10.6 Å². The highest BCUT2D eigenvalue weighted by Gasteiger charge is 2.13. The van der Waals surface area contributed by atoms with Crippen molar-refractivity contribution in [2.24, 2.45) is 0 Å². The molecule has 6 nitrogen and oxygen atoms in total. The zero-order valence-corrected chi connectivity index (χ0v) is 16.8. The molecule has 150 valence electrons. The Kier molecular flexibility index (Phi) is 6.97. The maximum Gasteiger partial charge on any atom is 0.325 e. The lowest BCUT2D eigenvalue weighted by Crippen LogP contribution is -2.35. The Bertz CT molecular complexity index is 996. The van der Waals surface area contributed by atoms with Crippen LogP contribution in [-0.2, 0) is 25.5 Å². The number of carbonyl (C=O) groups is 3. The minimum absolute atomic E-state index is 0.151. The quantitative estimate of drug-likeness (QED) is 0.559. The van der Waals surface area contributed by atoms with Gasteiger partial charge in [-0.3, -0.25) is 14.4 Å². The maximum absolute atomic E-state index is 12.2. The molecule has 3 rings (SSSR count). The molecule has 0 unspecified atom stereocenters. The fourth-order valence-electron chi connectivity index (χ4n) is 2.94. The molecule has 0 aliphatic rings. The Morgan fingerprint density at radius 3 is 2.59 bits per heavy atom. The highest BCUT2D eigenvalue weighted by atomic mass is 32.1. The minimum Gasteiger partial charge on any atom is -0.454 e. The maximum atomic E-state index is 12.2. The molecule has 0 spiro atoms. The number of fused-ring (bicyclic) bond motifs is 1. The van der Waals surface area contributed by atoms with Gasteiger partial charge in [0.05, 0.1) is 12.5 Å². The van der Waals surface area contributed by atoms with Crippen LogP contribution < -0.4 is 10.6 Å². The molecular formula is C22H22N2O4S. The van der Waals surface area contributed by atoms with Crippen LogP contribution in [0.2, 0.25) is 0 Å². The predicted octanol–water partition coefficient (Wildman–Crippen LogP) is 2.98. The van der Waals surface area contributed by atoms with Crippen LogP contribution in [0.1, 0.15) is 23.4 Å². The Hall–Kier alpha value is -3.19. The average molecular weight is 410 g/mol. The zero-order chi connectivity index (χ0) is 20.6. The molecule has 2 amide bonds. The van der Waals surface area contributed by atoms with Crippen molar-refractivity contribution in [2.75, 3.05) is 13.2 Å². The third-order valence-electron chi connectivity index (χ3n) is 4.37. The van der Waals surface area contributed by atoms with Gasteiger partial charge in [0.25, 0.3) is 5.91 Å². The van der Waals surface area contributed by atoms with E-state index in [0.29, 0.717) is 0 Å². The van der Waals surface area contributed by atoms with Gasteiger partial charge in [0.15, 0.2) is 6.61 Å². The zero-order valence-electron chi connectivity index (χ0n) is 16.0.